The van der Waals surface area contributed by atoms with Crippen molar-refractivity contribution in [3.05, 3.63) is 0 Å². The van der Waals surface area contributed by atoms with Crippen LogP contribution in [0.2, 0.25) is 0 Å². The Labute approximate surface area is 92.7 Å². The van der Waals surface area contributed by atoms with Crippen molar-refractivity contribution in [2.75, 3.05) is 11.5 Å². The van der Waals surface area contributed by atoms with Gasteiger partial charge in [-0.25, -0.2) is 0 Å². The number of hydrogen-bond donors (Lipinski definition) is 1. The van der Waals surface area contributed by atoms with Gasteiger partial charge in [0.1, 0.15) is 0 Å². The maximum Gasteiger partial charge on any atom is 0.0666 e. The first-order valence-electron chi connectivity index (χ1n) is 6.10. The lowest BCUT2D eigenvalue weighted by molar-refractivity contribution is 0.143. The van der Waals surface area contributed by atoms with Gasteiger partial charge in [0.25, 0.3) is 0 Å². The van der Waals surface area contributed by atoms with Gasteiger partial charge in [0.2, 0.25) is 0 Å². The van der Waals surface area contributed by atoms with Gasteiger partial charge in [0.05, 0.1) is 6.10 Å². The number of hydrogen-bond acceptors (Lipinski definition) is 2. The van der Waals surface area contributed by atoms with E-state index in [0.29, 0.717) is 5.92 Å². The third-order valence-electron chi connectivity index (χ3n) is 3.09. The molecule has 0 amide bonds. The molecule has 0 aromatic rings. The highest BCUT2D eigenvalue weighted by Crippen LogP contribution is 2.28. The summed E-state index contributed by atoms with van der Waals surface area (Å²) < 4.78 is 0. The molecule has 1 aliphatic heterocycles. The molecule has 1 saturated heterocycles. The van der Waals surface area contributed by atoms with Crippen LogP contribution in [0.3, 0.4) is 0 Å². The summed E-state index contributed by atoms with van der Waals surface area (Å²) in [5, 5.41) is 9.61. The van der Waals surface area contributed by atoms with Crippen LogP contribution in [0.1, 0.15) is 51.9 Å². The monoisotopic (exact) mass is 216 g/mol. The standard InChI is InChI=1S/C12H24OS/c1-2-3-4-5-6-7-8-11-9-14-10-12(11)13/h11-13H,2-10H2,1H3. The van der Waals surface area contributed by atoms with Gasteiger partial charge in [-0.05, 0) is 18.1 Å². The van der Waals surface area contributed by atoms with E-state index in [4.69, 9.17) is 0 Å². The van der Waals surface area contributed by atoms with E-state index in [1.807, 2.05) is 11.8 Å². The maximum absolute atomic E-state index is 9.61. The van der Waals surface area contributed by atoms with Crippen LogP contribution in [0, 0.1) is 5.92 Å². The van der Waals surface area contributed by atoms with Gasteiger partial charge in [0.15, 0.2) is 0 Å². The van der Waals surface area contributed by atoms with Crippen molar-refractivity contribution in [3.8, 4) is 0 Å². The van der Waals surface area contributed by atoms with Crippen molar-refractivity contribution < 1.29 is 5.11 Å². The van der Waals surface area contributed by atoms with Crippen LogP contribution >= 0.6 is 11.8 Å². The Morgan fingerprint density at radius 1 is 1.07 bits per heavy atom. The molecule has 1 nitrogen and oxygen atoms in total. The average Bonchev–Trinajstić information content (AvgIpc) is 2.58. The lowest BCUT2D eigenvalue weighted by Crippen LogP contribution is -2.17. The summed E-state index contributed by atoms with van der Waals surface area (Å²) in [5.41, 5.74) is 0. The van der Waals surface area contributed by atoms with Crippen molar-refractivity contribution in [2.45, 2.75) is 58.0 Å². The van der Waals surface area contributed by atoms with Crippen LogP contribution in [0.15, 0.2) is 0 Å². The normalized spacial score (nSPS) is 27.0. The molecule has 0 saturated carbocycles. The molecule has 2 heteroatoms. The number of aliphatic hydroxyl groups is 1. The van der Waals surface area contributed by atoms with E-state index < -0.39 is 0 Å². The highest BCUT2D eigenvalue weighted by molar-refractivity contribution is 7.99. The molecule has 14 heavy (non-hydrogen) atoms. The molecule has 0 bridgehead atoms. The predicted molar refractivity (Wildman–Crippen MR) is 64.8 cm³/mol. The van der Waals surface area contributed by atoms with E-state index in [2.05, 4.69) is 6.92 Å². The van der Waals surface area contributed by atoms with E-state index in [0.717, 1.165) is 5.75 Å². The second kappa shape index (κ2) is 7.58. The third kappa shape index (κ3) is 4.70. The van der Waals surface area contributed by atoms with Crippen LogP contribution in [0.4, 0.5) is 0 Å². The quantitative estimate of drug-likeness (QED) is 0.658. The predicted octanol–water partition coefficient (Wildman–Crippen LogP) is 3.46. The second-order valence-corrected chi connectivity index (χ2v) is 5.50. The van der Waals surface area contributed by atoms with Crippen LogP contribution < -0.4 is 0 Å². The van der Waals surface area contributed by atoms with E-state index >= 15 is 0 Å². The summed E-state index contributed by atoms with van der Waals surface area (Å²) in [5.74, 6) is 2.77. The fourth-order valence-corrected chi connectivity index (χ4v) is 3.39. The smallest absolute Gasteiger partial charge is 0.0666 e. The van der Waals surface area contributed by atoms with Crippen molar-refractivity contribution in [2.24, 2.45) is 5.92 Å². The fraction of sp³-hybridized carbons (Fsp3) is 1.00. The van der Waals surface area contributed by atoms with E-state index in [9.17, 15) is 5.11 Å². The zero-order valence-electron chi connectivity index (χ0n) is 9.37. The lowest BCUT2D eigenvalue weighted by Gasteiger charge is -2.12. The molecule has 1 rings (SSSR count). The zero-order valence-corrected chi connectivity index (χ0v) is 10.2. The average molecular weight is 216 g/mol. The molecular weight excluding hydrogens is 192 g/mol. The van der Waals surface area contributed by atoms with Crippen molar-refractivity contribution in [1.29, 1.82) is 0 Å². The lowest BCUT2D eigenvalue weighted by atomic mass is 9.98. The number of aliphatic hydroxyl groups excluding tert-OH is 1. The zero-order chi connectivity index (χ0) is 10.2. The molecule has 84 valence electrons. The first kappa shape index (κ1) is 12.4. The minimum atomic E-state index is -0.00404. The molecule has 0 spiro atoms. The molecular formula is C12H24OS. The van der Waals surface area contributed by atoms with Crippen LogP contribution in [0.25, 0.3) is 0 Å². The molecule has 2 atom stereocenters. The highest BCUT2D eigenvalue weighted by atomic mass is 32.2. The number of unbranched alkanes of at least 4 members (excludes halogenated alkanes) is 5. The Kier molecular flexibility index (Phi) is 6.70. The summed E-state index contributed by atoms with van der Waals surface area (Å²) in [7, 11) is 0. The van der Waals surface area contributed by atoms with Crippen LogP contribution in [-0.2, 0) is 0 Å². The van der Waals surface area contributed by atoms with E-state index in [1.54, 1.807) is 0 Å². The topological polar surface area (TPSA) is 20.2 Å². The fourth-order valence-electron chi connectivity index (χ4n) is 2.05. The number of rotatable bonds is 7. The summed E-state index contributed by atoms with van der Waals surface area (Å²) in [4.78, 5) is 0. The Morgan fingerprint density at radius 2 is 1.79 bits per heavy atom. The summed E-state index contributed by atoms with van der Waals surface area (Å²) >= 11 is 1.91. The van der Waals surface area contributed by atoms with Crippen molar-refractivity contribution >= 4 is 11.8 Å². The molecule has 0 aliphatic carbocycles. The minimum absolute atomic E-state index is 0.00404. The van der Waals surface area contributed by atoms with Gasteiger partial charge < -0.3 is 5.11 Å². The second-order valence-electron chi connectivity index (χ2n) is 4.42. The molecule has 0 aromatic carbocycles. The Balaban J connectivity index is 1.88. The molecule has 0 radical (unpaired) electrons. The van der Waals surface area contributed by atoms with E-state index in [-0.39, 0.29) is 6.10 Å². The first-order valence-corrected chi connectivity index (χ1v) is 7.26. The Hall–Kier alpha value is 0.310. The Morgan fingerprint density at radius 3 is 2.43 bits per heavy atom. The van der Waals surface area contributed by atoms with Gasteiger partial charge in [0, 0.05) is 5.75 Å². The van der Waals surface area contributed by atoms with Gasteiger partial charge in [-0.3, -0.25) is 0 Å². The van der Waals surface area contributed by atoms with Gasteiger partial charge in [-0.15, -0.1) is 0 Å². The van der Waals surface area contributed by atoms with Gasteiger partial charge >= 0.3 is 0 Å². The molecule has 1 N–H and O–H groups in total. The number of thioether (sulfide) groups is 1. The molecule has 1 fully saturated rings. The van der Waals surface area contributed by atoms with Crippen LogP contribution in [-0.4, -0.2) is 22.7 Å². The van der Waals surface area contributed by atoms with Crippen molar-refractivity contribution in [1.82, 2.24) is 0 Å². The first-order chi connectivity index (χ1) is 6.84. The van der Waals surface area contributed by atoms with Crippen LogP contribution in [0.5, 0.6) is 0 Å². The van der Waals surface area contributed by atoms with Gasteiger partial charge in [-0.2, -0.15) is 11.8 Å². The summed E-state index contributed by atoms with van der Waals surface area (Å²) in [6.07, 6.45) is 9.46. The van der Waals surface area contributed by atoms with Gasteiger partial charge in [-0.1, -0.05) is 45.4 Å². The molecule has 1 aliphatic rings. The third-order valence-corrected chi connectivity index (χ3v) is 4.33. The minimum Gasteiger partial charge on any atom is -0.392 e. The maximum atomic E-state index is 9.61. The van der Waals surface area contributed by atoms with E-state index in [1.165, 1.54) is 50.7 Å². The Bertz CT molecular complexity index is 138. The largest absolute Gasteiger partial charge is 0.392 e. The molecule has 0 aromatic heterocycles. The molecule has 2 unspecified atom stereocenters. The highest BCUT2D eigenvalue weighted by Gasteiger charge is 2.24. The summed E-state index contributed by atoms with van der Waals surface area (Å²) in [6.45, 7) is 2.26. The van der Waals surface area contributed by atoms with Crippen molar-refractivity contribution in [3.63, 3.8) is 0 Å². The molecule has 1 heterocycles. The SMILES string of the molecule is CCCCCCCCC1CSCC1O. The summed E-state index contributed by atoms with van der Waals surface area (Å²) in [6, 6.07) is 0.